The van der Waals surface area contributed by atoms with Gasteiger partial charge in [0.05, 0.1) is 17.6 Å². The standard InChI is InChI=1S/C28H29FN6O4S/c1-15(36)28(37)34-20-8-9-21(34)12-18(11-20)24-25(40(2,38)39)26(30)35-27(33-24)22(14-32-35)17-5-10-23(31-13-17)16-3-6-19(29)7-4-16/h3-7,10,13-15,18,20-21,36H,8-9,11-12,30H2,1-2H3/t15-,18-,20+,21-/m1/s1. The molecule has 2 bridgehead atoms. The number of sulfone groups is 1. The van der Waals surface area contributed by atoms with Crippen LogP contribution in [-0.2, 0) is 14.6 Å². The second kappa shape index (κ2) is 9.63. The van der Waals surface area contributed by atoms with Crippen LogP contribution in [0.1, 0.15) is 44.2 Å². The van der Waals surface area contributed by atoms with Crippen LogP contribution in [-0.4, -0.2) is 68.4 Å². The number of hydrogen-bond donors (Lipinski definition) is 2. The van der Waals surface area contributed by atoms with Crippen LogP contribution in [0.15, 0.2) is 53.7 Å². The first kappa shape index (κ1) is 26.3. The first-order valence-corrected chi connectivity index (χ1v) is 15.0. The molecule has 2 aliphatic heterocycles. The van der Waals surface area contributed by atoms with Crippen molar-refractivity contribution in [1.82, 2.24) is 24.5 Å². The Kier molecular flexibility index (Phi) is 6.34. The number of hydrogen-bond acceptors (Lipinski definition) is 8. The molecule has 4 atom stereocenters. The van der Waals surface area contributed by atoms with Crippen LogP contribution in [0.25, 0.3) is 28.0 Å². The molecule has 3 aromatic heterocycles. The van der Waals surface area contributed by atoms with Gasteiger partial charge in [0.2, 0.25) is 0 Å². The number of benzene rings is 1. The van der Waals surface area contributed by atoms with Gasteiger partial charge in [-0.3, -0.25) is 9.78 Å². The molecule has 0 radical (unpaired) electrons. The van der Waals surface area contributed by atoms with E-state index in [1.54, 1.807) is 29.4 Å². The number of fused-ring (bicyclic) bond motifs is 3. The van der Waals surface area contributed by atoms with Gasteiger partial charge in [0.15, 0.2) is 15.5 Å². The summed E-state index contributed by atoms with van der Waals surface area (Å²) in [6.45, 7) is 1.47. The van der Waals surface area contributed by atoms with Crippen LogP contribution in [0.3, 0.4) is 0 Å². The van der Waals surface area contributed by atoms with Gasteiger partial charge in [-0.05, 0) is 62.9 Å². The summed E-state index contributed by atoms with van der Waals surface area (Å²) in [5.74, 6) is -0.881. The average Bonchev–Trinajstić information content (AvgIpc) is 3.46. The van der Waals surface area contributed by atoms with Crippen molar-refractivity contribution >= 4 is 27.2 Å². The third kappa shape index (κ3) is 4.40. The lowest BCUT2D eigenvalue weighted by Gasteiger charge is -2.39. The molecule has 208 valence electrons. The number of amides is 1. The number of pyridine rings is 1. The van der Waals surface area contributed by atoms with Crippen molar-refractivity contribution in [3.8, 4) is 22.4 Å². The summed E-state index contributed by atoms with van der Waals surface area (Å²) in [5, 5.41) is 14.3. The van der Waals surface area contributed by atoms with Crippen LogP contribution in [0.5, 0.6) is 0 Å². The Morgan fingerprint density at radius 3 is 2.30 bits per heavy atom. The summed E-state index contributed by atoms with van der Waals surface area (Å²) in [7, 11) is -3.77. The normalized spacial score (nSPS) is 21.6. The number of aromatic nitrogens is 4. The van der Waals surface area contributed by atoms with Gasteiger partial charge >= 0.3 is 0 Å². The summed E-state index contributed by atoms with van der Waals surface area (Å²) in [6, 6.07) is 9.51. The number of nitrogens with zero attached hydrogens (tertiary/aromatic N) is 5. The minimum Gasteiger partial charge on any atom is -0.384 e. The zero-order valence-electron chi connectivity index (χ0n) is 22.0. The van der Waals surface area contributed by atoms with E-state index in [0.29, 0.717) is 41.0 Å². The van der Waals surface area contributed by atoms with Crippen LogP contribution in [0, 0.1) is 5.82 Å². The Hall–Kier alpha value is -3.90. The predicted molar refractivity (Wildman–Crippen MR) is 146 cm³/mol. The zero-order chi connectivity index (χ0) is 28.3. The summed E-state index contributed by atoms with van der Waals surface area (Å²) >= 11 is 0. The minimum absolute atomic E-state index is 0.0144. The average molecular weight is 565 g/mol. The Morgan fingerprint density at radius 2 is 1.73 bits per heavy atom. The van der Waals surface area contributed by atoms with Crippen LogP contribution in [0.2, 0.25) is 0 Å². The van der Waals surface area contributed by atoms with Crippen molar-refractivity contribution in [3.05, 3.63) is 60.3 Å². The zero-order valence-corrected chi connectivity index (χ0v) is 22.8. The van der Waals surface area contributed by atoms with E-state index in [9.17, 15) is 22.7 Å². The molecule has 2 aliphatic rings. The van der Waals surface area contributed by atoms with Gasteiger partial charge in [0, 0.05) is 47.1 Å². The van der Waals surface area contributed by atoms with Gasteiger partial charge in [-0.2, -0.15) is 9.61 Å². The molecule has 1 amide bonds. The Balaban J connectivity index is 1.42. The van der Waals surface area contributed by atoms with Crippen molar-refractivity contribution in [1.29, 1.82) is 0 Å². The molecular weight excluding hydrogens is 535 g/mol. The molecule has 3 N–H and O–H groups in total. The number of nitrogens with two attached hydrogens (primary N) is 1. The molecule has 2 saturated heterocycles. The number of halogens is 1. The van der Waals surface area contributed by atoms with E-state index in [-0.39, 0.29) is 40.4 Å². The molecule has 5 heterocycles. The summed E-state index contributed by atoms with van der Waals surface area (Å²) in [4.78, 5) is 23.8. The Morgan fingerprint density at radius 1 is 1.07 bits per heavy atom. The molecule has 40 heavy (non-hydrogen) atoms. The van der Waals surface area contributed by atoms with Crippen molar-refractivity contribution in [2.45, 2.75) is 61.6 Å². The van der Waals surface area contributed by atoms with Crippen molar-refractivity contribution in [2.75, 3.05) is 12.0 Å². The smallest absolute Gasteiger partial charge is 0.251 e. The number of nitrogen functional groups attached to an aromatic ring is 1. The molecule has 0 spiro atoms. The maximum atomic E-state index is 13.3. The van der Waals surface area contributed by atoms with Gasteiger partial charge in [-0.1, -0.05) is 6.07 Å². The van der Waals surface area contributed by atoms with Gasteiger partial charge in [0.1, 0.15) is 22.6 Å². The fourth-order valence-corrected chi connectivity index (χ4v) is 7.26. The van der Waals surface area contributed by atoms with E-state index < -0.39 is 15.9 Å². The second-order valence-corrected chi connectivity index (χ2v) is 12.6. The van der Waals surface area contributed by atoms with E-state index in [2.05, 4.69) is 10.1 Å². The highest BCUT2D eigenvalue weighted by atomic mass is 32.2. The van der Waals surface area contributed by atoms with E-state index in [4.69, 9.17) is 10.7 Å². The number of piperidine rings is 1. The fourth-order valence-electron chi connectivity index (χ4n) is 6.20. The van der Waals surface area contributed by atoms with E-state index in [1.807, 2.05) is 12.1 Å². The molecular formula is C28H29FN6O4S. The largest absolute Gasteiger partial charge is 0.384 e. The second-order valence-electron chi connectivity index (χ2n) is 10.7. The molecule has 0 unspecified atom stereocenters. The van der Waals surface area contributed by atoms with Crippen LogP contribution < -0.4 is 5.73 Å². The lowest BCUT2D eigenvalue weighted by molar-refractivity contribution is -0.144. The summed E-state index contributed by atoms with van der Waals surface area (Å²) in [6.07, 6.45) is 5.89. The number of carbonyl (C=O) groups is 1. The van der Waals surface area contributed by atoms with Crippen molar-refractivity contribution in [2.24, 2.45) is 0 Å². The maximum absolute atomic E-state index is 13.3. The van der Waals surface area contributed by atoms with Gasteiger partial charge in [0.25, 0.3) is 5.91 Å². The number of aliphatic hydroxyl groups is 1. The molecule has 10 nitrogen and oxygen atoms in total. The highest BCUT2D eigenvalue weighted by Gasteiger charge is 2.46. The molecule has 4 aromatic rings. The number of carbonyl (C=O) groups excluding carboxylic acids is 1. The maximum Gasteiger partial charge on any atom is 0.251 e. The quantitative estimate of drug-likeness (QED) is 0.376. The number of anilines is 1. The highest BCUT2D eigenvalue weighted by molar-refractivity contribution is 7.91. The molecule has 0 saturated carbocycles. The Labute approximate surface area is 230 Å². The van der Waals surface area contributed by atoms with Gasteiger partial charge in [-0.15, -0.1) is 0 Å². The predicted octanol–water partition coefficient (Wildman–Crippen LogP) is 3.20. The SMILES string of the molecule is C[C@@H](O)C(=O)N1[C@@H]2CC[C@H]1C[C@@H](c1nc3c(-c4ccc(-c5ccc(F)cc5)nc4)cnn3c(N)c1S(C)(=O)=O)C2. The molecule has 2 fully saturated rings. The number of rotatable bonds is 5. The van der Waals surface area contributed by atoms with Gasteiger partial charge in [-0.25, -0.2) is 17.8 Å². The lowest BCUT2D eigenvalue weighted by atomic mass is 9.87. The van der Waals surface area contributed by atoms with Crippen molar-refractivity contribution < 1.29 is 22.7 Å². The third-order valence-corrected chi connectivity index (χ3v) is 9.14. The topological polar surface area (TPSA) is 144 Å². The monoisotopic (exact) mass is 564 g/mol. The van der Waals surface area contributed by atoms with E-state index in [1.165, 1.54) is 23.6 Å². The van der Waals surface area contributed by atoms with Crippen molar-refractivity contribution in [3.63, 3.8) is 0 Å². The van der Waals surface area contributed by atoms with Crippen LogP contribution >= 0.6 is 0 Å². The summed E-state index contributed by atoms with van der Waals surface area (Å²) < 4.78 is 40.6. The van der Waals surface area contributed by atoms with E-state index >= 15 is 0 Å². The van der Waals surface area contributed by atoms with Gasteiger partial charge < -0.3 is 15.7 Å². The molecule has 12 heteroatoms. The fraction of sp³-hybridized carbons (Fsp3) is 0.357. The minimum atomic E-state index is -3.77. The molecule has 1 aromatic carbocycles. The molecule has 0 aliphatic carbocycles. The highest BCUT2D eigenvalue weighted by Crippen LogP contribution is 2.45. The first-order valence-electron chi connectivity index (χ1n) is 13.1. The Bertz CT molecular complexity index is 1710. The lowest BCUT2D eigenvalue weighted by Crippen LogP contribution is -2.49. The van der Waals surface area contributed by atoms with E-state index in [0.717, 1.165) is 24.7 Å². The molecule has 6 rings (SSSR count). The summed E-state index contributed by atoms with van der Waals surface area (Å²) in [5.41, 5.74) is 10.0. The first-order chi connectivity index (χ1) is 19.0. The van der Waals surface area contributed by atoms with Crippen LogP contribution in [0.4, 0.5) is 10.2 Å². The third-order valence-electron chi connectivity index (χ3n) is 7.98. The number of aliphatic hydroxyl groups excluding tert-OH is 1.